The maximum atomic E-state index is 11.6. The molecule has 0 spiro atoms. The SMILES string of the molecule is CC(=O)C1CNCCN1c1nc(N)nc(N)c1N.c1cc2ccc1o2. The van der Waals surface area contributed by atoms with Crippen LogP contribution in [0, 0.1) is 0 Å². The Morgan fingerprint density at radius 3 is 2.36 bits per heavy atom. The number of carbonyl (C=O) groups excluding carboxylic acids is 1. The van der Waals surface area contributed by atoms with Gasteiger partial charge in [0.25, 0.3) is 0 Å². The topological polar surface area (TPSA) is 149 Å². The molecule has 1 fully saturated rings. The molecule has 1 atom stereocenters. The Labute approximate surface area is 144 Å². The molecule has 9 nitrogen and oxygen atoms in total. The minimum absolute atomic E-state index is 0.0392. The van der Waals surface area contributed by atoms with E-state index in [0.29, 0.717) is 18.9 Å². The van der Waals surface area contributed by atoms with Crippen LogP contribution in [0.3, 0.4) is 0 Å². The average molecular weight is 343 g/mol. The van der Waals surface area contributed by atoms with Crippen molar-refractivity contribution in [3.05, 3.63) is 24.3 Å². The summed E-state index contributed by atoms with van der Waals surface area (Å²) in [5, 5.41) is 3.16. The van der Waals surface area contributed by atoms with Crippen LogP contribution in [0.2, 0.25) is 0 Å². The zero-order valence-corrected chi connectivity index (χ0v) is 13.9. The maximum absolute atomic E-state index is 11.6. The van der Waals surface area contributed by atoms with E-state index in [1.165, 1.54) is 6.92 Å². The number of benzene rings is 1. The highest BCUT2D eigenvalue weighted by Crippen LogP contribution is 2.28. The fourth-order valence-corrected chi connectivity index (χ4v) is 2.74. The van der Waals surface area contributed by atoms with Gasteiger partial charge in [0.05, 0.1) is 0 Å². The lowest BCUT2D eigenvalue weighted by molar-refractivity contribution is -0.118. The summed E-state index contributed by atoms with van der Waals surface area (Å²) in [5.74, 6) is 0.662. The molecule has 1 aliphatic rings. The van der Waals surface area contributed by atoms with Crippen molar-refractivity contribution in [1.29, 1.82) is 0 Å². The standard InChI is InChI=1S/C10H17N7O.C6H4O/c1-5(18)6-4-14-2-3-17(6)9-7(11)8(12)15-10(13)16-9;1-2-6-4-3-5(1)7-6/h6,14H,2-4,11H2,1H3,(H4,12,13,15,16);1-4H. The predicted molar refractivity (Wildman–Crippen MR) is 97.4 cm³/mol. The predicted octanol–water partition coefficient (Wildman–Crippen LogP) is 0.461. The van der Waals surface area contributed by atoms with E-state index < -0.39 is 0 Å². The Balaban J connectivity index is 0.000000213. The number of rotatable bonds is 2. The number of fused-ring (bicyclic) bond motifs is 2. The first-order chi connectivity index (χ1) is 12.0. The third-order valence-electron chi connectivity index (χ3n) is 4.02. The summed E-state index contributed by atoms with van der Waals surface area (Å²) in [7, 11) is 0. The highest BCUT2D eigenvalue weighted by molar-refractivity contribution is 5.87. The van der Waals surface area contributed by atoms with E-state index in [2.05, 4.69) is 15.3 Å². The second-order valence-corrected chi connectivity index (χ2v) is 5.80. The highest BCUT2D eigenvalue weighted by Gasteiger charge is 2.29. The fraction of sp³-hybridized carbons (Fsp3) is 0.312. The Morgan fingerprint density at radius 1 is 1.20 bits per heavy atom. The molecular weight excluding hydrogens is 322 g/mol. The van der Waals surface area contributed by atoms with E-state index in [-0.39, 0.29) is 29.3 Å². The number of nitrogens with zero attached hydrogens (tertiary/aromatic N) is 3. The summed E-state index contributed by atoms with van der Waals surface area (Å²) < 4.78 is 5.08. The molecule has 1 unspecified atom stereocenters. The van der Waals surface area contributed by atoms with Gasteiger partial charge in [0, 0.05) is 19.6 Å². The number of ketones is 1. The molecule has 4 heterocycles. The minimum atomic E-state index is -0.310. The summed E-state index contributed by atoms with van der Waals surface area (Å²) in [6, 6.07) is 7.50. The van der Waals surface area contributed by atoms with E-state index in [9.17, 15) is 4.79 Å². The Morgan fingerprint density at radius 2 is 1.84 bits per heavy atom. The zero-order valence-electron chi connectivity index (χ0n) is 13.9. The van der Waals surface area contributed by atoms with Crippen molar-refractivity contribution in [3.63, 3.8) is 0 Å². The minimum Gasteiger partial charge on any atom is -0.457 e. The number of anilines is 4. The molecule has 1 aliphatic heterocycles. The number of nitrogens with one attached hydrogen (secondary N) is 1. The maximum Gasteiger partial charge on any atom is 0.224 e. The molecule has 9 heteroatoms. The first-order valence-corrected chi connectivity index (χ1v) is 7.90. The van der Waals surface area contributed by atoms with Crippen LogP contribution in [0.5, 0.6) is 0 Å². The number of carbonyl (C=O) groups is 1. The van der Waals surface area contributed by atoms with E-state index in [4.69, 9.17) is 21.6 Å². The molecule has 7 N–H and O–H groups in total. The number of furan rings is 2. The van der Waals surface area contributed by atoms with Crippen LogP contribution in [-0.4, -0.2) is 41.4 Å². The number of nitrogen functional groups attached to an aromatic ring is 3. The third kappa shape index (κ3) is 3.56. The Kier molecular flexibility index (Phi) is 4.57. The van der Waals surface area contributed by atoms with Crippen LogP contribution in [0.1, 0.15) is 6.92 Å². The van der Waals surface area contributed by atoms with Gasteiger partial charge in [-0.25, -0.2) is 0 Å². The molecule has 2 bridgehead atoms. The van der Waals surface area contributed by atoms with Crippen molar-refractivity contribution < 1.29 is 9.21 Å². The smallest absolute Gasteiger partial charge is 0.224 e. The van der Waals surface area contributed by atoms with E-state index in [1.54, 1.807) is 0 Å². The van der Waals surface area contributed by atoms with Crippen LogP contribution in [0.25, 0.3) is 11.2 Å². The van der Waals surface area contributed by atoms with Crippen molar-refractivity contribution in [2.75, 3.05) is 41.7 Å². The summed E-state index contributed by atoms with van der Waals surface area (Å²) in [6.07, 6.45) is 0. The van der Waals surface area contributed by atoms with Crippen molar-refractivity contribution in [2.45, 2.75) is 13.0 Å². The fourth-order valence-electron chi connectivity index (χ4n) is 2.74. The van der Waals surface area contributed by atoms with E-state index >= 15 is 0 Å². The first kappa shape index (κ1) is 16.8. The summed E-state index contributed by atoms with van der Waals surface area (Å²) in [5.41, 5.74) is 19.3. The Bertz CT molecular complexity index is 818. The number of nitrogens with two attached hydrogens (primary N) is 3. The zero-order chi connectivity index (χ0) is 18.0. The molecule has 0 radical (unpaired) electrons. The molecular formula is C16H21N7O2. The van der Waals surface area contributed by atoms with Crippen LogP contribution >= 0.6 is 0 Å². The number of hydrogen-bond donors (Lipinski definition) is 4. The summed E-state index contributed by atoms with van der Waals surface area (Å²) in [4.78, 5) is 21.3. The van der Waals surface area contributed by atoms with Crippen molar-refractivity contribution in [3.8, 4) is 0 Å². The largest absolute Gasteiger partial charge is 0.457 e. The molecule has 0 amide bonds. The third-order valence-corrected chi connectivity index (χ3v) is 4.02. The second-order valence-electron chi connectivity index (χ2n) is 5.80. The lowest BCUT2D eigenvalue weighted by Gasteiger charge is -2.36. The van der Waals surface area contributed by atoms with Crippen LogP contribution in [0.4, 0.5) is 23.3 Å². The molecule has 0 saturated carbocycles. The molecule has 25 heavy (non-hydrogen) atoms. The van der Waals surface area contributed by atoms with Gasteiger partial charge in [-0.15, -0.1) is 0 Å². The summed E-state index contributed by atoms with van der Waals surface area (Å²) in [6.45, 7) is 3.45. The number of aromatic nitrogens is 2. The molecule has 3 aromatic rings. The van der Waals surface area contributed by atoms with Crippen molar-refractivity contribution in [2.24, 2.45) is 0 Å². The van der Waals surface area contributed by atoms with Gasteiger partial charge in [-0.05, 0) is 31.2 Å². The average Bonchev–Trinajstić information content (AvgIpc) is 3.24. The van der Waals surface area contributed by atoms with Crippen molar-refractivity contribution in [1.82, 2.24) is 15.3 Å². The second kappa shape index (κ2) is 6.81. The highest BCUT2D eigenvalue weighted by atomic mass is 16.3. The molecule has 3 aromatic heterocycles. The first-order valence-electron chi connectivity index (χ1n) is 7.90. The van der Waals surface area contributed by atoms with Crippen LogP contribution < -0.4 is 27.4 Å². The summed E-state index contributed by atoms with van der Waals surface area (Å²) >= 11 is 0. The van der Waals surface area contributed by atoms with Gasteiger partial charge in [0.1, 0.15) is 22.9 Å². The molecule has 0 aromatic carbocycles. The van der Waals surface area contributed by atoms with Gasteiger partial charge in [0.15, 0.2) is 17.4 Å². The molecule has 132 valence electrons. The van der Waals surface area contributed by atoms with Crippen LogP contribution in [-0.2, 0) is 4.79 Å². The van der Waals surface area contributed by atoms with Gasteiger partial charge < -0.3 is 31.8 Å². The van der Waals surface area contributed by atoms with Crippen LogP contribution in [0.15, 0.2) is 28.7 Å². The monoisotopic (exact) mass is 343 g/mol. The number of hydrogen-bond acceptors (Lipinski definition) is 9. The van der Waals surface area contributed by atoms with Gasteiger partial charge in [0.2, 0.25) is 5.95 Å². The lowest BCUT2D eigenvalue weighted by atomic mass is 10.1. The van der Waals surface area contributed by atoms with E-state index in [0.717, 1.165) is 17.7 Å². The Hall–Kier alpha value is -3.07. The van der Waals surface area contributed by atoms with Gasteiger partial charge in [-0.3, -0.25) is 4.79 Å². The lowest BCUT2D eigenvalue weighted by Crippen LogP contribution is -2.55. The van der Waals surface area contributed by atoms with E-state index in [1.807, 2.05) is 29.2 Å². The van der Waals surface area contributed by atoms with Gasteiger partial charge in [-0.2, -0.15) is 9.97 Å². The molecule has 4 rings (SSSR count). The van der Waals surface area contributed by atoms with Gasteiger partial charge >= 0.3 is 0 Å². The number of Topliss-reactive ketones (excluding diaryl/α,β-unsaturated/α-hetero) is 1. The number of piperazine rings is 1. The van der Waals surface area contributed by atoms with Gasteiger partial charge in [-0.1, -0.05) is 0 Å². The quantitative estimate of drug-likeness (QED) is 0.520. The molecule has 1 saturated heterocycles. The molecule has 0 aliphatic carbocycles. The normalized spacial score (nSPS) is 17.3. The van der Waals surface area contributed by atoms with Crippen molar-refractivity contribution >= 4 is 40.2 Å².